The Labute approximate surface area is 206 Å². The summed E-state index contributed by atoms with van der Waals surface area (Å²) in [6.45, 7) is 0.190. The third-order valence-electron chi connectivity index (χ3n) is 4.62. The number of rotatable bonds is 6. The molecule has 0 saturated carbocycles. The summed E-state index contributed by atoms with van der Waals surface area (Å²) in [4.78, 5) is 16.7. The Morgan fingerprint density at radius 3 is 2.34 bits per heavy atom. The number of hydrogen-bond acceptors (Lipinski definition) is 4. The van der Waals surface area contributed by atoms with Crippen LogP contribution in [0.1, 0.15) is 16.7 Å². The summed E-state index contributed by atoms with van der Waals surface area (Å²) in [7, 11) is 0. The minimum Gasteiger partial charge on any atom is -0.351 e. The number of alkyl halides is 3. The van der Waals surface area contributed by atoms with Crippen molar-refractivity contribution in [3.05, 3.63) is 73.2 Å². The van der Waals surface area contributed by atoms with E-state index in [1.165, 1.54) is 17.8 Å². The molecule has 0 aliphatic carbocycles. The van der Waals surface area contributed by atoms with Crippen molar-refractivity contribution in [3.8, 4) is 0 Å². The summed E-state index contributed by atoms with van der Waals surface area (Å²) in [5, 5.41) is 2.65. The van der Waals surface area contributed by atoms with Crippen LogP contribution in [-0.4, -0.2) is 24.1 Å². The summed E-state index contributed by atoms with van der Waals surface area (Å²) in [6.07, 6.45) is -2.17. The molecule has 4 nitrogen and oxygen atoms in total. The minimum atomic E-state index is -4.85. The van der Waals surface area contributed by atoms with Crippen molar-refractivity contribution >= 4 is 69.8 Å². The lowest BCUT2D eigenvalue weighted by Crippen LogP contribution is -2.42. The van der Waals surface area contributed by atoms with E-state index in [9.17, 15) is 18.0 Å². The maximum Gasteiger partial charge on any atom is 0.428 e. The fourth-order valence-corrected chi connectivity index (χ4v) is 4.20. The monoisotopic (exact) mass is 544 g/mol. The lowest BCUT2D eigenvalue weighted by Gasteiger charge is -2.29. The van der Waals surface area contributed by atoms with Crippen molar-refractivity contribution in [2.75, 3.05) is 12.0 Å². The van der Waals surface area contributed by atoms with E-state index in [0.717, 1.165) is 18.2 Å². The van der Waals surface area contributed by atoms with Crippen LogP contribution in [0.15, 0.2) is 36.4 Å². The maximum atomic E-state index is 14.1. The van der Waals surface area contributed by atoms with Crippen LogP contribution in [0.4, 0.5) is 13.2 Å². The molecule has 1 atom stereocenters. The Morgan fingerprint density at radius 1 is 1.12 bits per heavy atom. The van der Waals surface area contributed by atoms with Crippen molar-refractivity contribution in [2.45, 2.75) is 18.3 Å². The Bertz CT molecular complexity index is 1060. The molecule has 0 fully saturated rings. The first-order valence-corrected chi connectivity index (χ1v) is 11.8. The first-order chi connectivity index (χ1) is 15.0. The summed E-state index contributed by atoms with van der Waals surface area (Å²) >= 11 is 25.4. The number of hydrogen-bond donors (Lipinski definition) is 2. The normalized spacial score (nSPS) is 18.3. The average Bonchev–Trinajstić information content (AvgIpc) is 3.18. The van der Waals surface area contributed by atoms with Crippen molar-refractivity contribution < 1.29 is 22.8 Å². The number of hydroxylamine groups is 1. The molecule has 0 bridgehead atoms. The fraction of sp³-hybridized carbons (Fsp3) is 0.250. The highest BCUT2D eigenvalue weighted by Crippen LogP contribution is 2.49. The van der Waals surface area contributed by atoms with E-state index >= 15 is 0 Å². The second-order valence-electron chi connectivity index (χ2n) is 6.77. The van der Waals surface area contributed by atoms with Crippen LogP contribution in [0.2, 0.25) is 20.1 Å². The molecule has 1 aliphatic heterocycles. The van der Waals surface area contributed by atoms with Gasteiger partial charge in [-0.2, -0.15) is 24.9 Å². The SMILES string of the molecule is CSCC(=O)NCc1ccc(C2=CC(c3cc(Cl)c(Cl)c(Cl)c3)(C(F)(F)F)ON2)cc1Cl. The molecule has 0 spiro atoms. The Balaban J connectivity index is 1.95. The number of nitrogens with one attached hydrogen (secondary N) is 2. The minimum absolute atomic E-state index is 0.0457. The lowest BCUT2D eigenvalue weighted by atomic mass is 9.91. The van der Waals surface area contributed by atoms with Crippen molar-refractivity contribution in [1.29, 1.82) is 0 Å². The first-order valence-electron chi connectivity index (χ1n) is 8.91. The van der Waals surface area contributed by atoms with Gasteiger partial charge in [-0.05, 0) is 36.1 Å². The molecule has 3 rings (SSSR count). The van der Waals surface area contributed by atoms with E-state index in [0.29, 0.717) is 16.9 Å². The van der Waals surface area contributed by atoms with Crippen LogP contribution in [0.5, 0.6) is 0 Å². The molecule has 12 heteroatoms. The topological polar surface area (TPSA) is 50.4 Å². The number of carbonyl (C=O) groups excluding carboxylic acids is 1. The van der Waals surface area contributed by atoms with E-state index in [-0.39, 0.29) is 43.8 Å². The molecule has 1 unspecified atom stereocenters. The summed E-state index contributed by atoms with van der Waals surface area (Å²) in [5.74, 6) is 0.156. The molecule has 1 heterocycles. The van der Waals surface area contributed by atoms with Crippen LogP contribution in [0.3, 0.4) is 0 Å². The molecule has 2 aromatic carbocycles. The Kier molecular flexibility index (Phi) is 7.85. The zero-order valence-corrected chi connectivity index (χ0v) is 20.1. The summed E-state index contributed by atoms with van der Waals surface area (Å²) < 4.78 is 42.4. The zero-order chi connectivity index (χ0) is 23.7. The molecular weight excluding hydrogens is 531 g/mol. The van der Waals surface area contributed by atoms with Gasteiger partial charge in [-0.3, -0.25) is 15.1 Å². The largest absolute Gasteiger partial charge is 0.428 e. The van der Waals surface area contributed by atoms with Crippen molar-refractivity contribution in [3.63, 3.8) is 0 Å². The molecule has 0 radical (unpaired) electrons. The molecule has 2 N–H and O–H groups in total. The zero-order valence-electron chi connectivity index (χ0n) is 16.2. The van der Waals surface area contributed by atoms with Crippen LogP contribution in [0, 0.1) is 0 Å². The van der Waals surface area contributed by atoms with Crippen molar-refractivity contribution in [1.82, 2.24) is 10.8 Å². The van der Waals surface area contributed by atoms with Gasteiger partial charge in [0, 0.05) is 22.7 Å². The van der Waals surface area contributed by atoms with Gasteiger partial charge in [0.2, 0.25) is 11.5 Å². The van der Waals surface area contributed by atoms with Crippen LogP contribution in [-0.2, 0) is 21.8 Å². The fourth-order valence-electron chi connectivity index (χ4n) is 2.99. The standard InChI is InChI=1S/C20H15Cl4F3N2O2S/c1-32-9-17(30)28-8-11-3-2-10(4-13(11)21)16-7-19(31-29-16,20(25,26)27)12-5-14(22)18(24)15(23)6-12/h2-7,29H,8-9H2,1H3,(H,28,30). The second-order valence-corrected chi connectivity index (χ2v) is 9.23. The average molecular weight is 546 g/mol. The van der Waals surface area contributed by atoms with Gasteiger partial charge in [-0.15, -0.1) is 0 Å². The second kappa shape index (κ2) is 9.91. The quantitative estimate of drug-likeness (QED) is 0.401. The highest BCUT2D eigenvalue weighted by molar-refractivity contribution is 7.99. The van der Waals surface area contributed by atoms with E-state index in [4.69, 9.17) is 51.2 Å². The van der Waals surface area contributed by atoms with E-state index in [2.05, 4.69) is 10.8 Å². The van der Waals surface area contributed by atoms with Crippen LogP contribution < -0.4 is 10.8 Å². The summed E-state index contributed by atoms with van der Waals surface area (Å²) in [5.41, 5.74) is 0.148. The smallest absolute Gasteiger partial charge is 0.351 e. The first kappa shape index (κ1) is 25.3. The Hall–Kier alpha value is -1.29. The van der Waals surface area contributed by atoms with E-state index < -0.39 is 11.8 Å². The van der Waals surface area contributed by atoms with Gasteiger partial charge in [-0.25, -0.2) is 0 Å². The maximum absolute atomic E-state index is 14.1. The van der Waals surface area contributed by atoms with Gasteiger partial charge in [-0.1, -0.05) is 58.5 Å². The highest BCUT2D eigenvalue weighted by Gasteiger charge is 2.59. The molecule has 172 valence electrons. The number of amides is 1. The molecular formula is C20H15Cl4F3N2O2S. The molecule has 32 heavy (non-hydrogen) atoms. The number of thioether (sulfide) groups is 1. The van der Waals surface area contributed by atoms with Gasteiger partial charge in [0.15, 0.2) is 0 Å². The molecule has 1 amide bonds. The van der Waals surface area contributed by atoms with Crippen LogP contribution in [0.25, 0.3) is 5.70 Å². The third kappa shape index (κ3) is 5.11. The molecule has 0 aromatic heterocycles. The van der Waals surface area contributed by atoms with Gasteiger partial charge in [0.25, 0.3) is 0 Å². The third-order valence-corrected chi connectivity index (χ3v) is 6.72. The van der Waals surface area contributed by atoms with Gasteiger partial charge >= 0.3 is 6.18 Å². The van der Waals surface area contributed by atoms with E-state index in [1.807, 2.05) is 0 Å². The number of carbonyl (C=O) groups is 1. The predicted molar refractivity (Wildman–Crippen MR) is 123 cm³/mol. The molecule has 1 aliphatic rings. The predicted octanol–water partition coefficient (Wildman–Crippen LogP) is 6.61. The van der Waals surface area contributed by atoms with Crippen molar-refractivity contribution in [2.24, 2.45) is 0 Å². The van der Waals surface area contributed by atoms with Gasteiger partial charge in [0.1, 0.15) is 0 Å². The van der Waals surface area contributed by atoms with E-state index in [1.54, 1.807) is 18.4 Å². The molecule has 2 aromatic rings. The molecule has 0 saturated heterocycles. The van der Waals surface area contributed by atoms with Gasteiger partial charge < -0.3 is 5.32 Å². The number of halogens is 7. The highest BCUT2D eigenvalue weighted by atomic mass is 35.5. The Morgan fingerprint density at radius 2 is 1.78 bits per heavy atom. The number of benzene rings is 2. The van der Waals surface area contributed by atoms with Gasteiger partial charge in [0.05, 0.1) is 26.5 Å². The summed E-state index contributed by atoms with van der Waals surface area (Å²) in [6, 6.07) is 6.77. The van der Waals surface area contributed by atoms with Crippen LogP contribution >= 0.6 is 58.2 Å². The lowest BCUT2D eigenvalue weighted by molar-refractivity contribution is -0.269.